The molecule has 116 valence electrons. The molecular formula is C16H13BrN4OS. The van der Waals surface area contributed by atoms with Crippen molar-refractivity contribution in [1.82, 2.24) is 15.6 Å². The van der Waals surface area contributed by atoms with Gasteiger partial charge in [-0.25, -0.2) is 5.43 Å². The van der Waals surface area contributed by atoms with E-state index in [9.17, 15) is 4.79 Å². The van der Waals surface area contributed by atoms with Gasteiger partial charge < -0.3 is 0 Å². The Labute approximate surface area is 145 Å². The molecule has 2 N–H and O–H groups in total. The van der Waals surface area contributed by atoms with Crippen LogP contribution in [0.3, 0.4) is 0 Å². The molecule has 1 aromatic carbocycles. The van der Waals surface area contributed by atoms with Gasteiger partial charge in [0, 0.05) is 9.35 Å². The first kappa shape index (κ1) is 15.6. The minimum absolute atomic E-state index is 0.303. The molecule has 0 saturated heterocycles. The Morgan fingerprint density at radius 3 is 2.96 bits per heavy atom. The van der Waals surface area contributed by atoms with Crippen molar-refractivity contribution in [3.63, 3.8) is 0 Å². The maximum Gasteiger partial charge on any atom is 0.291 e. The first-order valence-corrected chi connectivity index (χ1v) is 8.44. The normalized spacial score (nSPS) is 11.0. The van der Waals surface area contributed by atoms with Crippen molar-refractivity contribution in [2.45, 2.75) is 6.92 Å². The van der Waals surface area contributed by atoms with E-state index in [1.807, 2.05) is 43.3 Å². The van der Waals surface area contributed by atoms with E-state index in [0.29, 0.717) is 5.69 Å². The third-order valence-electron chi connectivity index (χ3n) is 3.04. The van der Waals surface area contributed by atoms with Gasteiger partial charge in [0.1, 0.15) is 0 Å². The van der Waals surface area contributed by atoms with Gasteiger partial charge in [-0.2, -0.15) is 10.2 Å². The van der Waals surface area contributed by atoms with Gasteiger partial charge in [-0.1, -0.05) is 28.1 Å². The standard InChI is InChI=1S/C16H13BrN4OS/c1-10-5-6-15(23-10)13-8-14(20-19-13)16(22)21-18-9-11-3-2-4-12(17)7-11/h2-9H,1H3,(H,19,20)(H,21,22)/b18-9-. The van der Waals surface area contributed by atoms with Gasteiger partial charge in [0.25, 0.3) is 5.91 Å². The fourth-order valence-corrected chi connectivity index (χ4v) is 3.20. The average molecular weight is 389 g/mol. The first-order valence-electron chi connectivity index (χ1n) is 6.83. The maximum absolute atomic E-state index is 12.0. The fourth-order valence-electron chi connectivity index (χ4n) is 1.95. The molecule has 0 radical (unpaired) electrons. The van der Waals surface area contributed by atoms with E-state index in [0.717, 1.165) is 20.6 Å². The quantitative estimate of drug-likeness (QED) is 0.524. The van der Waals surface area contributed by atoms with E-state index in [2.05, 4.69) is 36.7 Å². The van der Waals surface area contributed by atoms with Crippen LogP contribution in [0.4, 0.5) is 0 Å². The smallest absolute Gasteiger partial charge is 0.276 e. The lowest BCUT2D eigenvalue weighted by Gasteiger charge is -1.96. The van der Waals surface area contributed by atoms with Crippen LogP contribution in [0.25, 0.3) is 10.6 Å². The van der Waals surface area contributed by atoms with Crippen LogP contribution in [-0.2, 0) is 0 Å². The van der Waals surface area contributed by atoms with Crippen molar-refractivity contribution in [3.8, 4) is 10.6 Å². The molecule has 1 amide bonds. The third-order valence-corrected chi connectivity index (χ3v) is 4.57. The Morgan fingerprint density at radius 2 is 2.22 bits per heavy atom. The molecule has 0 spiro atoms. The minimum atomic E-state index is -0.355. The number of thiophene rings is 1. The van der Waals surface area contributed by atoms with Gasteiger partial charge >= 0.3 is 0 Å². The second kappa shape index (κ2) is 6.89. The van der Waals surface area contributed by atoms with Crippen LogP contribution in [0.5, 0.6) is 0 Å². The summed E-state index contributed by atoms with van der Waals surface area (Å²) >= 11 is 5.03. The highest BCUT2D eigenvalue weighted by molar-refractivity contribution is 9.10. The molecule has 0 aliphatic rings. The third kappa shape index (κ3) is 3.94. The summed E-state index contributed by atoms with van der Waals surface area (Å²) in [5.41, 5.74) is 4.49. The lowest BCUT2D eigenvalue weighted by atomic mass is 10.2. The van der Waals surface area contributed by atoms with E-state index in [-0.39, 0.29) is 5.91 Å². The Kier molecular flexibility index (Phi) is 4.68. The van der Waals surface area contributed by atoms with Crippen molar-refractivity contribution in [1.29, 1.82) is 0 Å². The van der Waals surface area contributed by atoms with E-state index in [1.165, 1.54) is 4.88 Å². The summed E-state index contributed by atoms with van der Waals surface area (Å²) in [6, 6.07) is 13.4. The number of aryl methyl sites for hydroxylation is 1. The van der Waals surface area contributed by atoms with Crippen LogP contribution in [0.15, 0.2) is 52.0 Å². The lowest BCUT2D eigenvalue weighted by molar-refractivity contribution is 0.0950. The van der Waals surface area contributed by atoms with Crippen LogP contribution in [0.1, 0.15) is 20.9 Å². The van der Waals surface area contributed by atoms with Crippen LogP contribution in [-0.4, -0.2) is 22.3 Å². The Hall–Kier alpha value is -2.25. The zero-order valence-corrected chi connectivity index (χ0v) is 14.6. The highest BCUT2D eigenvalue weighted by Gasteiger charge is 2.11. The zero-order chi connectivity index (χ0) is 16.2. The molecule has 0 aliphatic carbocycles. The van der Waals surface area contributed by atoms with Crippen LogP contribution >= 0.6 is 27.3 Å². The molecule has 2 heterocycles. The summed E-state index contributed by atoms with van der Waals surface area (Å²) in [5, 5.41) is 10.9. The summed E-state index contributed by atoms with van der Waals surface area (Å²) in [4.78, 5) is 14.3. The number of carbonyl (C=O) groups is 1. The molecule has 3 rings (SSSR count). The number of rotatable bonds is 4. The summed E-state index contributed by atoms with van der Waals surface area (Å²) < 4.78 is 0.955. The molecule has 7 heteroatoms. The molecule has 0 saturated carbocycles. The molecule has 0 bridgehead atoms. The molecule has 23 heavy (non-hydrogen) atoms. The van der Waals surface area contributed by atoms with Crippen molar-refractivity contribution < 1.29 is 4.79 Å². The average Bonchev–Trinajstić information content (AvgIpc) is 3.16. The van der Waals surface area contributed by atoms with E-state index in [1.54, 1.807) is 23.6 Å². The van der Waals surface area contributed by atoms with Crippen molar-refractivity contribution >= 4 is 39.4 Å². The summed E-state index contributed by atoms with van der Waals surface area (Å²) in [5.74, 6) is -0.355. The molecule has 3 aromatic rings. The van der Waals surface area contributed by atoms with E-state index in [4.69, 9.17) is 0 Å². The summed E-state index contributed by atoms with van der Waals surface area (Å²) in [7, 11) is 0. The van der Waals surface area contributed by atoms with Crippen LogP contribution < -0.4 is 5.43 Å². The van der Waals surface area contributed by atoms with E-state index >= 15 is 0 Å². The number of nitrogens with one attached hydrogen (secondary N) is 2. The number of halogens is 1. The Balaban J connectivity index is 1.66. The second-order valence-electron chi connectivity index (χ2n) is 4.83. The Bertz CT molecular complexity index is 868. The largest absolute Gasteiger partial charge is 0.291 e. The second-order valence-corrected chi connectivity index (χ2v) is 7.03. The van der Waals surface area contributed by atoms with Gasteiger partial charge in [0.05, 0.1) is 16.8 Å². The van der Waals surface area contributed by atoms with Crippen molar-refractivity contribution in [2.75, 3.05) is 0 Å². The van der Waals surface area contributed by atoms with Gasteiger partial charge in [-0.05, 0) is 42.8 Å². The lowest BCUT2D eigenvalue weighted by Crippen LogP contribution is -2.17. The first-order chi connectivity index (χ1) is 11.1. The number of hydrazone groups is 1. The fraction of sp³-hybridized carbons (Fsp3) is 0.0625. The maximum atomic E-state index is 12.0. The SMILES string of the molecule is Cc1ccc(-c2cc(C(=O)N/N=C\c3cccc(Br)c3)n[nH]2)s1. The molecule has 0 atom stereocenters. The number of amides is 1. The molecule has 5 nitrogen and oxygen atoms in total. The predicted octanol–water partition coefficient (Wildman–Crippen LogP) is 3.97. The minimum Gasteiger partial charge on any atom is -0.276 e. The van der Waals surface area contributed by atoms with Gasteiger partial charge in [-0.15, -0.1) is 11.3 Å². The molecular weight excluding hydrogens is 376 g/mol. The molecule has 2 aromatic heterocycles. The number of aromatic nitrogens is 2. The number of hydrogen-bond acceptors (Lipinski definition) is 4. The van der Waals surface area contributed by atoms with Gasteiger partial charge in [0.2, 0.25) is 0 Å². The number of aromatic amines is 1. The Morgan fingerprint density at radius 1 is 1.35 bits per heavy atom. The van der Waals surface area contributed by atoms with Crippen molar-refractivity contribution in [2.24, 2.45) is 5.10 Å². The highest BCUT2D eigenvalue weighted by Crippen LogP contribution is 2.26. The van der Waals surface area contributed by atoms with Crippen molar-refractivity contribution in [3.05, 3.63) is 63.1 Å². The van der Waals surface area contributed by atoms with Crippen LogP contribution in [0, 0.1) is 6.92 Å². The summed E-state index contributed by atoms with van der Waals surface area (Å²) in [6.45, 7) is 2.04. The zero-order valence-electron chi connectivity index (χ0n) is 12.2. The predicted molar refractivity (Wildman–Crippen MR) is 95.8 cm³/mol. The number of nitrogens with zero attached hydrogens (tertiary/aromatic N) is 2. The number of H-pyrrole nitrogens is 1. The highest BCUT2D eigenvalue weighted by atomic mass is 79.9. The monoisotopic (exact) mass is 388 g/mol. The summed E-state index contributed by atoms with van der Waals surface area (Å²) in [6.07, 6.45) is 1.58. The van der Waals surface area contributed by atoms with E-state index < -0.39 is 0 Å². The van der Waals surface area contributed by atoms with Gasteiger partial charge in [-0.3, -0.25) is 9.89 Å². The number of carbonyl (C=O) groups excluding carboxylic acids is 1. The topological polar surface area (TPSA) is 70.1 Å². The molecule has 0 unspecified atom stereocenters. The molecule has 0 aliphatic heterocycles. The van der Waals surface area contributed by atoms with Gasteiger partial charge in [0.15, 0.2) is 5.69 Å². The number of benzene rings is 1. The molecule has 0 fully saturated rings. The van der Waals surface area contributed by atoms with Crippen LogP contribution in [0.2, 0.25) is 0 Å². The number of hydrogen-bond donors (Lipinski definition) is 2.